The van der Waals surface area contributed by atoms with E-state index in [2.05, 4.69) is 33.2 Å². The molecule has 0 aliphatic rings. The first-order valence-corrected chi connectivity index (χ1v) is 9.45. The number of hydrogen-bond donors (Lipinski definition) is 1. The molecule has 2 amide bonds. The van der Waals surface area contributed by atoms with Gasteiger partial charge in [0.05, 0.1) is 7.11 Å². The van der Waals surface area contributed by atoms with Gasteiger partial charge in [-0.3, -0.25) is 0 Å². The molecule has 0 aromatic carbocycles. The van der Waals surface area contributed by atoms with E-state index in [1.807, 2.05) is 26.0 Å². The molecule has 6 nitrogen and oxygen atoms in total. The number of carbonyl (C=O) groups is 2. The van der Waals surface area contributed by atoms with Crippen molar-refractivity contribution in [3.63, 3.8) is 0 Å². The summed E-state index contributed by atoms with van der Waals surface area (Å²) in [7, 11) is 1.34. The maximum Gasteiger partial charge on any atom is 0.328 e. The first-order chi connectivity index (χ1) is 11.9. The van der Waals surface area contributed by atoms with E-state index in [0.29, 0.717) is 13.1 Å². The summed E-state index contributed by atoms with van der Waals surface area (Å²) in [4.78, 5) is 30.7. The number of hydrogen-bond acceptors (Lipinski definition) is 4. The maximum atomic E-state index is 12.7. The van der Waals surface area contributed by atoms with Crippen molar-refractivity contribution >= 4 is 27.9 Å². The van der Waals surface area contributed by atoms with Crippen LogP contribution in [0.4, 0.5) is 4.79 Å². The summed E-state index contributed by atoms with van der Waals surface area (Å²) >= 11 is 3.31. The minimum Gasteiger partial charge on any atom is -0.467 e. The highest BCUT2D eigenvalue weighted by atomic mass is 79.9. The lowest BCUT2D eigenvalue weighted by atomic mass is 9.99. The van der Waals surface area contributed by atoms with Gasteiger partial charge in [0, 0.05) is 19.3 Å². The number of carbonyl (C=O) groups excluding carboxylic acids is 2. The number of esters is 1. The summed E-state index contributed by atoms with van der Waals surface area (Å²) < 4.78 is 5.59. The van der Waals surface area contributed by atoms with Gasteiger partial charge in [-0.1, -0.05) is 39.7 Å². The van der Waals surface area contributed by atoms with Crippen LogP contribution in [0.3, 0.4) is 0 Å². The van der Waals surface area contributed by atoms with Crippen molar-refractivity contribution in [2.24, 2.45) is 5.92 Å². The number of nitrogens with zero attached hydrogens (tertiary/aromatic N) is 2. The number of nitrogens with one attached hydrogen (secondary N) is 1. The Labute approximate surface area is 158 Å². The van der Waals surface area contributed by atoms with Gasteiger partial charge in [-0.15, -0.1) is 0 Å². The van der Waals surface area contributed by atoms with E-state index in [1.54, 1.807) is 11.1 Å². The Balaban J connectivity index is 2.86. The van der Waals surface area contributed by atoms with E-state index in [1.165, 1.54) is 7.11 Å². The van der Waals surface area contributed by atoms with E-state index in [9.17, 15) is 9.59 Å². The number of unbranched alkanes of at least 4 members (excludes halogenated alkanes) is 1. The van der Waals surface area contributed by atoms with Crippen LogP contribution in [0.15, 0.2) is 22.9 Å². The molecule has 140 valence electrons. The summed E-state index contributed by atoms with van der Waals surface area (Å²) in [5.41, 5.74) is 0.938. The fourth-order valence-corrected chi connectivity index (χ4v) is 2.58. The summed E-state index contributed by atoms with van der Waals surface area (Å²) in [6.07, 6.45) is 4.38. The van der Waals surface area contributed by atoms with E-state index < -0.39 is 12.0 Å². The number of rotatable bonds is 9. The van der Waals surface area contributed by atoms with Gasteiger partial charge in [-0.05, 0) is 39.9 Å². The predicted molar refractivity (Wildman–Crippen MR) is 101 cm³/mol. The highest BCUT2D eigenvalue weighted by Gasteiger charge is 2.28. The highest BCUT2D eigenvalue weighted by Crippen LogP contribution is 2.13. The Bertz CT molecular complexity index is 551. The Kier molecular flexibility index (Phi) is 9.49. The lowest BCUT2D eigenvalue weighted by Crippen LogP contribution is -2.51. The Morgan fingerprint density at radius 1 is 1.36 bits per heavy atom. The van der Waals surface area contributed by atoms with Crippen molar-refractivity contribution in [3.05, 3.63) is 28.5 Å². The molecule has 1 heterocycles. The van der Waals surface area contributed by atoms with Crippen LogP contribution in [0.2, 0.25) is 0 Å². The molecule has 1 aromatic heterocycles. The number of amides is 2. The van der Waals surface area contributed by atoms with Crippen molar-refractivity contribution in [1.29, 1.82) is 0 Å². The zero-order valence-corrected chi connectivity index (χ0v) is 17.0. The lowest BCUT2D eigenvalue weighted by molar-refractivity contribution is -0.144. The van der Waals surface area contributed by atoms with E-state index in [0.717, 1.165) is 29.4 Å². The van der Waals surface area contributed by atoms with Crippen LogP contribution in [-0.4, -0.2) is 41.6 Å². The predicted octanol–water partition coefficient (Wildman–Crippen LogP) is 3.74. The molecule has 0 saturated carbocycles. The van der Waals surface area contributed by atoms with Gasteiger partial charge >= 0.3 is 12.0 Å². The van der Waals surface area contributed by atoms with Crippen molar-refractivity contribution in [2.75, 3.05) is 13.7 Å². The summed E-state index contributed by atoms with van der Waals surface area (Å²) in [6, 6.07) is 2.87. The third-order valence-corrected chi connectivity index (χ3v) is 4.65. The first kappa shape index (κ1) is 21.4. The molecule has 0 spiro atoms. The van der Waals surface area contributed by atoms with Crippen molar-refractivity contribution in [3.8, 4) is 0 Å². The topological polar surface area (TPSA) is 71.5 Å². The third kappa shape index (κ3) is 7.02. The molecule has 0 aliphatic heterocycles. The van der Waals surface area contributed by atoms with Gasteiger partial charge in [0.2, 0.25) is 0 Å². The van der Waals surface area contributed by atoms with Gasteiger partial charge in [0.25, 0.3) is 0 Å². The van der Waals surface area contributed by atoms with Crippen LogP contribution in [-0.2, 0) is 16.1 Å². The average Bonchev–Trinajstić information content (AvgIpc) is 2.63. The van der Waals surface area contributed by atoms with E-state index in [4.69, 9.17) is 4.74 Å². The van der Waals surface area contributed by atoms with Crippen LogP contribution in [0, 0.1) is 5.92 Å². The molecular formula is C18H28BrN3O3. The third-order valence-electron chi connectivity index (χ3n) is 4.18. The molecule has 1 N–H and O–H groups in total. The molecule has 1 aromatic rings. The number of ether oxygens (including phenoxy) is 1. The monoisotopic (exact) mass is 413 g/mol. The number of aromatic nitrogens is 1. The van der Waals surface area contributed by atoms with Crippen LogP contribution in [0.25, 0.3) is 0 Å². The molecule has 0 fully saturated rings. The summed E-state index contributed by atoms with van der Waals surface area (Å²) in [5, 5.41) is 2.84. The maximum absolute atomic E-state index is 12.7. The largest absolute Gasteiger partial charge is 0.467 e. The van der Waals surface area contributed by atoms with Crippen molar-refractivity contribution < 1.29 is 14.3 Å². The number of methoxy groups -OCH3 is 1. The van der Waals surface area contributed by atoms with Gasteiger partial charge in [0.1, 0.15) is 10.6 Å². The quantitative estimate of drug-likeness (QED) is 0.494. The fourth-order valence-electron chi connectivity index (χ4n) is 2.34. The molecule has 2 atom stereocenters. The molecule has 1 rings (SSSR count). The Morgan fingerprint density at radius 3 is 2.60 bits per heavy atom. The summed E-state index contributed by atoms with van der Waals surface area (Å²) in [6.45, 7) is 7.05. The molecule has 0 aliphatic carbocycles. The molecule has 25 heavy (non-hydrogen) atoms. The normalized spacial score (nSPS) is 13.0. The van der Waals surface area contributed by atoms with Crippen LogP contribution >= 0.6 is 15.9 Å². The SMILES string of the molecule is CCCCN(Cc1ccc(Br)nc1)C(=O)N[C@H](C(=O)OC)C(C)CC. The molecule has 1 unspecified atom stereocenters. The number of pyridine rings is 1. The minimum atomic E-state index is -0.644. The van der Waals surface area contributed by atoms with E-state index in [-0.39, 0.29) is 11.9 Å². The zero-order chi connectivity index (χ0) is 18.8. The smallest absolute Gasteiger partial charge is 0.328 e. The van der Waals surface area contributed by atoms with Gasteiger partial charge in [-0.25, -0.2) is 14.6 Å². The zero-order valence-electron chi connectivity index (χ0n) is 15.4. The minimum absolute atomic E-state index is 0.00114. The molecular weight excluding hydrogens is 386 g/mol. The van der Waals surface area contributed by atoms with Crippen molar-refractivity contribution in [2.45, 2.75) is 52.6 Å². The molecule has 0 saturated heterocycles. The standard InChI is InChI=1S/C18H28BrN3O3/c1-5-7-10-22(12-14-8-9-15(19)20-11-14)18(24)21-16(13(3)6-2)17(23)25-4/h8-9,11,13,16H,5-7,10,12H2,1-4H3,(H,21,24)/t13?,16-/m0/s1. The molecule has 7 heteroatoms. The van der Waals surface area contributed by atoms with Crippen LogP contribution in [0.5, 0.6) is 0 Å². The highest BCUT2D eigenvalue weighted by molar-refractivity contribution is 9.10. The second-order valence-electron chi connectivity index (χ2n) is 6.10. The van der Waals surface area contributed by atoms with Gasteiger partial charge < -0.3 is 15.0 Å². The van der Waals surface area contributed by atoms with Crippen LogP contribution in [0.1, 0.15) is 45.6 Å². The second kappa shape index (κ2) is 11.1. The number of halogens is 1. The summed E-state index contributed by atoms with van der Waals surface area (Å²) in [5.74, 6) is -0.415. The first-order valence-electron chi connectivity index (χ1n) is 8.66. The Hall–Kier alpha value is -1.63. The van der Waals surface area contributed by atoms with E-state index >= 15 is 0 Å². The molecule has 0 bridgehead atoms. The van der Waals surface area contributed by atoms with Crippen LogP contribution < -0.4 is 5.32 Å². The fraction of sp³-hybridized carbons (Fsp3) is 0.611. The van der Waals surface area contributed by atoms with Gasteiger partial charge in [0.15, 0.2) is 0 Å². The average molecular weight is 414 g/mol. The van der Waals surface area contributed by atoms with Crippen molar-refractivity contribution in [1.82, 2.24) is 15.2 Å². The lowest BCUT2D eigenvalue weighted by Gasteiger charge is -2.28. The Morgan fingerprint density at radius 2 is 2.08 bits per heavy atom. The number of urea groups is 1. The second-order valence-corrected chi connectivity index (χ2v) is 6.91. The molecule has 0 radical (unpaired) electrons. The van der Waals surface area contributed by atoms with Gasteiger partial charge in [-0.2, -0.15) is 0 Å².